The summed E-state index contributed by atoms with van der Waals surface area (Å²) < 4.78 is 13.7. The summed E-state index contributed by atoms with van der Waals surface area (Å²) in [5.41, 5.74) is 1.12. The van der Waals surface area contributed by atoms with Crippen molar-refractivity contribution in [2.24, 2.45) is 5.92 Å². The van der Waals surface area contributed by atoms with E-state index in [9.17, 15) is 4.39 Å². The molecule has 0 saturated heterocycles. The largest absolute Gasteiger partial charge is 0.313 e. The van der Waals surface area contributed by atoms with E-state index in [1.54, 1.807) is 0 Å². The Kier molecular flexibility index (Phi) is 4.36. The number of rotatable bonds is 5. The van der Waals surface area contributed by atoms with Crippen LogP contribution in [-0.4, -0.2) is 6.54 Å². The van der Waals surface area contributed by atoms with Crippen molar-refractivity contribution in [3.05, 3.63) is 34.1 Å². The first-order valence-corrected chi connectivity index (χ1v) is 6.69. The fourth-order valence-electron chi connectivity index (χ4n) is 1.98. The van der Waals surface area contributed by atoms with E-state index in [0.29, 0.717) is 0 Å². The van der Waals surface area contributed by atoms with Gasteiger partial charge in [0.25, 0.3) is 0 Å². The second kappa shape index (κ2) is 5.78. The molecule has 0 aromatic heterocycles. The van der Waals surface area contributed by atoms with Crippen molar-refractivity contribution in [1.29, 1.82) is 0 Å². The van der Waals surface area contributed by atoms with Gasteiger partial charge in [0.05, 0.1) is 0 Å². The Morgan fingerprint density at radius 1 is 1.38 bits per heavy atom. The minimum Gasteiger partial charge on any atom is -0.313 e. The molecule has 3 heteroatoms. The van der Waals surface area contributed by atoms with Gasteiger partial charge < -0.3 is 5.32 Å². The first-order chi connectivity index (χ1) is 7.75. The highest BCUT2D eigenvalue weighted by molar-refractivity contribution is 9.10. The zero-order valence-corrected chi connectivity index (χ0v) is 10.9. The monoisotopic (exact) mass is 285 g/mol. The number of benzene rings is 1. The van der Waals surface area contributed by atoms with E-state index in [4.69, 9.17) is 0 Å². The average Bonchev–Trinajstić information content (AvgIpc) is 2.18. The molecule has 1 fully saturated rings. The third-order valence-electron chi connectivity index (χ3n) is 3.28. The fraction of sp³-hybridized carbons (Fsp3) is 0.538. The Morgan fingerprint density at radius 3 is 2.81 bits per heavy atom. The van der Waals surface area contributed by atoms with Crippen LogP contribution >= 0.6 is 15.9 Å². The van der Waals surface area contributed by atoms with Gasteiger partial charge in [-0.15, -0.1) is 0 Å². The lowest BCUT2D eigenvalue weighted by atomic mass is 9.83. The van der Waals surface area contributed by atoms with Gasteiger partial charge in [0, 0.05) is 11.0 Å². The van der Waals surface area contributed by atoms with Crippen molar-refractivity contribution in [1.82, 2.24) is 5.32 Å². The first kappa shape index (κ1) is 12.1. The summed E-state index contributed by atoms with van der Waals surface area (Å²) in [6.07, 6.45) is 5.50. The lowest BCUT2D eigenvalue weighted by Crippen LogP contribution is -2.21. The summed E-state index contributed by atoms with van der Waals surface area (Å²) in [5, 5.41) is 3.41. The van der Waals surface area contributed by atoms with E-state index in [0.717, 1.165) is 29.0 Å². The molecule has 2 rings (SSSR count). The van der Waals surface area contributed by atoms with Gasteiger partial charge >= 0.3 is 0 Å². The predicted molar refractivity (Wildman–Crippen MR) is 67.8 cm³/mol. The molecule has 0 aliphatic heterocycles. The van der Waals surface area contributed by atoms with E-state index in [-0.39, 0.29) is 5.82 Å². The highest BCUT2D eigenvalue weighted by atomic mass is 79.9. The molecule has 0 radical (unpaired) electrons. The SMILES string of the molecule is Fc1ccc(CNCCC2CCC2)c(Br)c1. The van der Waals surface area contributed by atoms with Gasteiger partial charge in [0.2, 0.25) is 0 Å². The molecular weight excluding hydrogens is 269 g/mol. The van der Waals surface area contributed by atoms with Gasteiger partial charge in [0.15, 0.2) is 0 Å². The molecule has 0 unspecified atom stereocenters. The van der Waals surface area contributed by atoms with E-state index in [1.165, 1.54) is 37.8 Å². The molecule has 1 aromatic carbocycles. The molecule has 0 spiro atoms. The molecule has 1 saturated carbocycles. The maximum Gasteiger partial charge on any atom is 0.124 e. The van der Waals surface area contributed by atoms with Gasteiger partial charge in [0.1, 0.15) is 5.82 Å². The second-order valence-electron chi connectivity index (χ2n) is 4.50. The van der Waals surface area contributed by atoms with Crippen LogP contribution < -0.4 is 5.32 Å². The molecule has 0 atom stereocenters. The van der Waals surface area contributed by atoms with Crippen molar-refractivity contribution >= 4 is 15.9 Å². The number of hydrogen-bond donors (Lipinski definition) is 1. The fourth-order valence-corrected chi connectivity index (χ4v) is 2.47. The van der Waals surface area contributed by atoms with Crippen LogP contribution in [0.4, 0.5) is 4.39 Å². The molecule has 1 N–H and O–H groups in total. The molecule has 1 aliphatic carbocycles. The average molecular weight is 286 g/mol. The summed E-state index contributed by atoms with van der Waals surface area (Å²) in [7, 11) is 0. The molecule has 1 aliphatic rings. The molecule has 0 heterocycles. The lowest BCUT2D eigenvalue weighted by molar-refractivity contribution is 0.292. The maximum atomic E-state index is 12.8. The highest BCUT2D eigenvalue weighted by Gasteiger charge is 2.16. The van der Waals surface area contributed by atoms with Crippen molar-refractivity contribution in [2.45, 2.75) is 32.2 Å². The highest BCUT2D eigenvalue weighted by Crippen LogP contribution is 2.28. The Labute approximate surface area is 105 Å². The van der Waals surface area contributed by atoms with E-state index >= 15 is 0 Å². The minimum atomic E-state index is -0.190. The van der Waals surface area contributed by atoms with Crippen LogP contribution in [0.1, 0.15) is 31.2 Å². The van der Waals surface area contributed by atoms with Crippen LogP contribution in [0, 0.1) is 11.7 Å². The summed E-state index contributed by atoms with van der Waals surface area (Å²) in [6, 6.07) is 4.85. The summed E-state index contributed by atoms with van der Waals surface area (Å²) in [4.78, 5) is 0. The van der Waals surface area contributed by atoms with E-state index < -0.39 is 0 Å². The lowest BCUT2D eigenvalue weighted by Gasteiger charge is -2.25. The van der Waals surface area contributed by atoms with Crippen LogP contribution in [0.3, 0.4) is 0 Å². The van der Waals surface area contributed by atoms with Crippen LogP contribution in [0.25, 0.3) is 0 Å². The number of hydrogen-bond acceptors (Lipinski definition) is 1. The van der Waals surface area contributed by atoms with Crippen molar-refractivity contribution in [3.63, 3.8) is 0 Å². The quantitative estimate of drug-likeness (QED) is 0.810. The van der Waals surface area contributed by atoms with Crippen molar-refractivity contribution < 1.29 is 4.39 Å². The Balaban J connectivity index is 1.71. The van der Waals surface area contributed by atoms with E-state index in [2.05, 4.69) is 21.2 Å². The normalized spacial score (nSPS) is 16.1. The smallest absolute Gasteiger partial charge is 0.124 e. The number of halogens is 2. The van der Waals surface area contributed by atoms with Crippen LogP contribution in [-0.2, 0) is 6.54 Å². The molecule has 0 amide bonds. The summed E-state index contributed by atoms with van der Waals surface area (Å²) in [6.45, 7) is 1.88. The second-order valence-corrected chi connectivity index (χ2v) is 5.35. The zero-order chi connectivity index (χ0) is 11.4. The third kappa shape index (κ3) is 3.29. The molecular formula is C13H17BrFN. The summed E-state index contributed by atoms with van der Waals surface area (Å²) >= 11 is 3.37. The van der Waals surface area contributed by atoms with Gasteiger partial charge in [-0.25, -0.2) is 4.39 Å². The maximum absolute atomic E-state index is 12.8. The van der Waals surface area contributed by atoms with Crippen molar-refractivity contribution in [2.75, 3.05) is 6.54 Å². The van der Waals surface area contributed by atoms with E-state index in [1.807, 2.05) is 6.07 Å². The molecule has 16 heavy (non-hydrogen) atoms. The number of nitrogens with one attached hydrogen (secondary N) is 1. The van der Waals surface area contributed by atoms with Crippen LogP contribution in [0.5, 0.6) is 0 Å². The first-order valence-electron chi connectivity index (χ1n) is 5.90. The minimum absolute atomic E-state index is 0.190. The summed E-state index contributed by atoms with van der Waals surface area (Å²) in [5.74, 6) is 0.759. The van der Waals surface area contributed by atoms with Crippen molar-refractivity contribution in [3.8, 4) is 0 Å². The Bertz CT molecular complexity index is 350. The zero-order valence-electron chi connectivity index (χ0n) is 9.31. The Morgan fingerprint density at radius 2 is 2.19 bits per heavy atom. The molecule has 1 aromatic rings. The van der Waals surface area contributed by atoms with Gasteiger partial charge in [-0.05, 0) is 36.6 Å². The standard InChI is InChI=1S/C13H17BrFN/c14-13-8-12(15)5-4-11(13)9-16-7-6-10-2-1-3-10/h4-5,8,10,16H,1-3,6-7,9H2. The van der Waals surface area contributed by atoms with Gasteiger partial charge in [-0.1, -0.05) is 41.3 Å². The van der Waals surface area contributed by atoms with Gasteiger partial charge in [-0.2, -0.15) is 0 Å². The Hall–Kier alpha value is -0.410. The topological polar surface area (TPSA) is 12.0 Å². The molecule has 1 nitrogen and oxygen atoms in total. The molecule has 88 valence electrons. The molecule has 0 bridgehead atoms. The van der Waals surface area contributed by atoms with Crippen LogP contribution in [0.15, 0.2) is 22.7 Å². The van der Waals surface area contributed by atoms with Gasteiger partial charge in [-0.3, -0.25) is 0 Å². The predicted octanol–water partition coefficient (Wildman–Crippen LogP) is 3.87. The third-order valence-corrected chi connectivity index (χ3v) is 4.02. The van der Waals surface area contributed by atoms with Crippen LogP contribution in [0.2, 0.25) is 0 Å².